The van der Waals surface area contributed by atoms with Crippen molar-refractivity contribution in [3.8, 4) is 0 Å². The average molecular weight is 267 g/mol. The number of ether oxygens (including phenoxy) is 1. The van der Waals surface area contributed by atoms with Crippen LogP contribution in [0, 0.1) is 5.82 Å². The predicted molar refractivity (Wildman–Crippen MR) is 73.8 cm³/mol. The number of aromatic nitrogens is 1. The molecule has 0 amide bonds. The van der Waals surface area contributed by atoms with E-state index in [9.17, 15) is 4.39 Å². The van der Waals surface area contributed by atoms with Gasteiger partial charge in [0, 0.05) is 31.8 Å². The largest absolute Gasteiger partial charge is 0.377 e. The van der Waals surface area contributed by atoms with Crippen LogP contribution in [0.1, 0.15) is 25.3 Å². The minimum absolute atomic E-state index is 0.257. The lowest BCUT2D eigenvalue weighted by atomic mass is 10.1. The van der Waals surface area contributed by atoms with Crippen molar-refractivity contribution in [1.29, 1.82) is 0 Å². The fourth-order valence-corrected chi connectivity index (χ4v) is 2.58. The Morgan fingerprint density at radius 2 is 2.42 bits per heavy atom. The van der Waals surface area contributed by atoms with E-state index in [1.54, 1.807) is 6.07 Å². The van der Waals surface area contributed by atoms with Gasteiger partial charge in [-0.3, -0.25) is 0 Å². The molecule has 1 saturated heterocycles. The van der Waals surface area contributed by atoms with Crippen molar-refractivity contribution in [3.63, 3.8) is 0 Å². The SMILES string of the molecule is CCOC1CCCN(c2ncc(F)cc2CNC)C1. The fraction of sp³-hybridized carbons (Fsp3) is 0.643. The second kappa shape index (κ2) is 6.82. The first-order valence-electron chi connectivity index (χ1n) is 6.90. The van der Waals surface area contributed by atoms with Crippen LogP contribution in [0.5, 0.6) is 0 Å². The van der Waals surface area contributed by atoms with Crippen molar-refractivity contribution in [2.75, 3.05) is 31.6 Å². The lowest BCUT2D eigenvalue weighted by molar-refractivity contribution is 0.0525. The Balaban J connectivity index is 2.15. The molecule has 0 spiro atoms. The summed E-state index contributed by atoms with van der Waals surface area (Å²) < 4.78 is 19.0. The fourth-order valence-electron chi connectivity index (χ4n) is 2.58. The van der Waals surface area contributed by atoms with Gasteiger partial charge in [0.15, 0.2) is 0 Å². The summed E-state index contributed by atoms with van der Waals surface area (Å²) in [6, 6.07) is 1.56. The van der Waals surface area contributed by atoms with Crippen LogP contribution in [0.25, 0.3) is 0 Å². The summed E-state index contributed by atoms with van der Waals surface area (Å²) in [5.41, 5.74) is 0.902. The molecule has 1 fully saturated rings. The van der Waals surface area contributed by atoms with E-state index in [4.69, 9.17) is 4.74 Å². The Morgan fingerprint density at radius 3 is 3.16 bits per heavy atom. The summed E-state index contributed by atoms with van der Waals surface area (Å²) in [6.45, 7) is 5.16. The molecule has 0 bridgehead atoms. The molecule has 0 radical (unpaired) electrons. The average Bonchev–Trinajstić information content (AvgIpc) is 2.40. The van der Waals surface area contributed by atoms with E-state index in [0.717, 1.165) is 43.9 Å². The van der Waals surface area contributed by atoms with Gasteiger partial charge < -0.3 is 15.0 Å². The molecular formula is C14H22FN3O. The number of rotatable bonds is 5. The highest BCUT2D eigenvalue weighted by Crippen LogP contribution is 2.23. The number of anilines is 1. The first kappa shape index (κ1) is 14.2. The van der Waals surface area contributed by atoms with E-state index < -0.39 is 0 Å². The lowest BCUT2D eigenvalue weighted by Crippen LogP contribution is -2.40. The summed E-state index contributed by atoms with van der Waals surface area (Å²) in [4.78, 5) is 6.47. The number of nitrogens with one attached hydrogen (secondary N) is 1. The van der Waals surface area contributed by atoms with Gasteiger partial charge in [0.25, 0.3) is 0 Å². The van der Waals surface area contributed by atoms with Gasteiger partial charge in [-0.25, -0.2) is 9.37 Å². The van der Waals surface area contributed by atoms with Crippen LogP contribution in [0.2, 0.25) is 0 Å². The van der Waals surface area contributed by atoms with Crippen LogP contribution >= 0.6 is 0 Å². The van der Waals surface area contributed by atoms with Crippen LogP contribution in [0.3, 0.4) is 0 Å². The lowest BCUT2D eigenvalue weighted by Gasteiger charge is -2.34. The number of nitrogens with zero attached hydrogens (tertiary/aromatic N) is 2. The number of halogens is 1. The molecule has 1 aliphatic rings. The van der Waals surface area contributed by atoms with Crippen molar-refractivity contribution >= 4 is 5.82 Å². The van der Waals surface area contributed by atoms with Gasteiger partial charge in [0.2, 0.25) is 0 Å². The molecule has 1 aromatic heterocycles. The minimum atomic E-state index is -0.285. The smallest absolute Gasteiger partial charge is 0.141 e. The van der Waals surface area contributed by atoms with E-state index in [1.165, 1.54) is 6.20 Å². The van der Waals surface area contributed by atoms with Gasteiger partial charge >= 0.3 is 0 Å². The topological polar surface area (TPSA) is 37.4 Å². The van der Waals surface area contributed by atoms with Crippen LogP contribution < -0.4 is 10.2 Å². The predicted octanol–water partition coefficient (Wildman–Crippen LogP) is 1.95. The van der Waals surface area contributed by atoms with Gasteiger partial charge in [0.05, 0.1) is 12.3 Å². The molecule has 4 nitrogen and oxygen atoms in total. The van der Waals surface area contributed by atoms with Gasteiger partial charge in [0.1, 0.15) is 11.6 Å². The third-order valence-corrected chi connectivity index (χ3v) is 3.36. The molecule has 106 valence electrons. The van der Waals surface area contributed by atoms with Gasteiger partial charge in [-0.1, -0.05) is 0 Å². The second-order valence-electron chi connectivity index (χ2n) is 4.83. The number of piperidine rings is 1. The Kier molecular flexibility index (Phi) is 5.10. The molecule has 1 atom stereocenters. The maximum absolute atomic E-state index is 13.3. The summed E-state index contributed by atoms with van der Waals surface area (Å²) in [5, 5.41) is 3.06. The Labute approximate surface area is 114 Å². The van der Waals surface area contributed by atoms with Crippen molar-refractivity contribution in [1.82, 2.24) is 10.3 Å². The number of hydrogen-bond acceptors (Lipinski definition) is 4. The Bertz CT molecular complexity index is 412. The van der Waals surface area contributed by atoms with Crippen LogP contribution in [0.4, 0.5) is 10.2 Å². The maximum Gasteiger partial charge on any atom is 0.141 e. The van der Waals surface area contributed by atoms with Crippen molar-refractivity contribution < 1.29 is 9.13 Å². The molecule has 19 heavy (non-hydrogen) atoms. The van der Waals surface area contributed by atoms with E-state index >= 15 is 0 Å². The van der Waals surface area contributed by atoms with Crippen LogP contribution in [-0.2, 0) is 11.3 Å². The van der Waals surface area contributed by atoms with Gasteiger partial charge in [-0.05, 0) is 32.9 Å². The van der Waals surface area contributed by atoms with Crippen LogP contribution in [-0.4, -0.2) is 37.8 Å². The van der Waals surface area contributed by atoms with Gasteiger partial charge in [-0.2, -0.15) is 0 Å². The molecule has 2 rings (SSSR count). The molecule has 1 unspecified atom stereocenters. The monoisotopic (exact) mass is 267 g/mol. The highest BCUT2D eigenvalue weighted by atomic mass is 19.1. The van der Waals surface area contributed by atoms with Crippen molar-refractivity contribution in [2.45, 2.75) is 32.4 Å². The summed E-state index contributed by atoms with van der Waals surface area (Å²) >= 11 is 0. The molecule has 5 heteroatoms. The van der Waals surface area contributed by atoms with Crippen LogP contribution in [0.15, 0.2) is 12.3 Å². The Hall–Kier alpha value is -1.20. The summed E-state index contributed by atoms with van der Waals surface area (Å²) in [5.74, 6) is 0.590. The second-order valence-corrected chi connectivity index (χ2v) is 4.83. The van der Waals surface area contributed by atoms with Gasteiger partial charge in [-0.15, -0.1) is 0 Å². The number of hydrogen-bond donors (Lipinski definition) is 1. The molecule has 2 heterocycles. The molecule has 0 aliphatic carbocycles. The van der Waals surface area contributed by atoms with E-state index in [0.29, 0.717) is 6.54 Å². The molecular weight excluding hydrogens is 245 g/mol. The van der Waals surface area contributed by atoms with E-state index in [1.807, 2.05) is 14.0 Å². The zero-order valence-electron chi connectivity index (χ0n) is 11.7. The quantitative estimate of drug-likeness (QED) is 0.885. The third kappa shape index (κ3) is 3.64. The standard InChI is InChI=1S/C14H22FN3O/c1-3-19-13-5-4-6-18(10-13)14-11(8-16-2)7-12(15)9-17-14/h7,9,13,16H,3-6,8,10H2,1-2H3. The minimum Gasteiger partial charge on any atom is -0.377 e. The normalized spacial score (nSPS) is 19.7. The van der Waals surface area contributed by atoms with Crippen molar-refractivity contribution in [3.05, 3.63) is 23.6 Å². The molecule has 1 aliphatic heterocycles. The maximum atomic E-state index is 13.3. The first-order chi connectivity index (χ1) is 9.24. The summed E-state index contributed by atoms with van der Waals surface area (Å²) in [7, 11) is 1.86. The highest BCUT2D eigenvalue weighted by molar-refractivity contribution is 5.47. The van der Waals surface area contributed by atoms with E-state index in [-0.39, 0.29) is 11.9 Å². The molecule has 0 saturated carbocycles. The zero-order valence-corrected chi connectivity index (χ0v) is 11.7. The summed E-state index contributed by atoms with van der Waals surface area (Å²) in [6.07, 6.45) is 3.72. The molecule has 1 aromatic rings. The Morgan fingerprint density at radius 1 is 1.58 bits per heavy atom. The molecule has 0 aromatic carbocycles. The third-order valence-electron chi connectivity index (χ3n) is 3.36. The van der Waals surface area contributed by atoms with E-state index in [2.05, 4.69) is 15.2 Å². The van der Waals surface area contributed by atoms with Crippen molar-refractivity contribution in [2.24, 2.45) is 0 Å². The number of pyridine rings is 1. The zero-order chi connectivity index (χ0) is 13.7. The first-order valence-corrected chi connectivity index (χ1v) is 6.90. The highest BCUT2D eigenvalue weighted by Gasteiger charge is 2.22. The molecule has 1 N–H and O–H groups in total.